The first-order chi connectivity index (χ1) is 7.97. The van der Waals surface area contributed by atoms with Crippen molar-refractivity contribution in [1.82, 2.24) is 10.6 Å². The van der Waals surface area contributed by atoms with E-state index in [9.17, 15) is 14.4 Å². The first-order valence-electron chi connectivity index (χ1n) is 5.72. The van der Waals surface area contributed by atoms with E-state index in [0.717, 1.165) is 6.42 Å². The second-order valence-corrected chi connectivity index (χ2v) is 4.33. The van der Waals surface area contributed by atoms with Crippen LogP contribution in [0.5, 0.6) is 0 Å². The fourth-order valence-electron chi connectivity index (χ4n) is 2.17. The molecule has 0 aromatic carbocycles. The molecule has 0 radical (unpaired) electrons. The predicted molar refractivity (Wildman–Crippen MR) is 60.1 cm³/mol. The summed E-state index contributed by atoms with van der Waals surface area (Å²) in [6, 6.07) is -0.637. The molecule has 0 aromatic heterocycles. The molecule has 3 unspecified atom stereocenters. The molecule has 1 aliphatic rings. The number of hydrogen-bond acceptors (Lipinski definition) is 3. The Labute approximate surface area is 99.8 Å². The first-order valence-corrected chi connectivity index (χ1v) is 5.72. The van der Waals surface area contributed by atoms with Gasteiger partial charge >= 0.3 is 5.97 Å². The minimum absolute atomic E-state index is 0.289. The second-order valence-electron chi connectivity index (χ2n) is 4.33. The Hall–Kier alpha value is -1.59. The number of carbonyl (C=O) groups is 3. The Bertz CT molecular complexity index is 329. The van der Waals surface area contributed by atoms with E-state index in [1.165, 1.54) is 7.05 Å². The molecule has 3 N–H and O–H groups in total. The fraction of sp³-hybridized carbons (Fsp3) is 0.727. The summed E-state index contributed by atoms with van der Waals surface area (Å²) < 4.78 is 0. The maximum Gasteiger partial charge on any atom is 0.307 e. The van der Waals surface area contributed by atoms with E-state index >= 15 is 0 Å². The third-order valence-electron chi connectivity index (χ3n) is 3.17. The number of likely N-dealkylation sites (N-methyl/N-ethyl adjacent to an activating group) is 1. The number of rotatable bonds is 4. The van der Waals surface area contributed by atoms with Crippen LogP contribution in [0.25, 0.3) is 0 Å². The van der Waals surface area contributed by atoms with Gasteiger partial charge < -0.3 is 15.7 Å². The van der Waals surface area contributed by atoms with E-state index in [4.69, 9.17) is 5.11 Å². The van der Waals surface area contributed by atoms with Crippen LogP contribution in [0.1, 0.15) is 26.2 Å². The number of aliphatic carboxylic acids is 1. The Morgan fingerprint density at radius 2 is 1.82 bits per heavy atom. The summed E-state index contributed by atoms with van der Waals surface area (Å²) >= 11 is 0. The van der Waals surface area contributed by atoms with Crippen LogP contribution < -0.4 is 10.6 Å². The molecule has 1 fully saturated rings. The van der Waals surface area contributed by atoms with Crippen molar-refractivity contribution in [2.75, 3.05) is 7.05 Å². The van der Waals surface area contributed by atoms with Crippen LogP contribution >= 0.6 is 0 Å². The van der Waals surface area contributed by atoms with Gasteiger partial charge in [0.1, 0.15) is 6.04 Å². The molecule has 0 aliphatic heterocycles. The maximum atomic E-state index is 11.8. The molecule has 6 nitrogen and oxygen atoms in total. The normalized spacial score (nSPS) is 25.1. The molecular formula is C11H18N2O4. The standard InChI is InChI=1S/C11H18N2O4/c1-6(9(14)12-2)13-10(15)7-4-3-5-8(7)11(16)17/h6-8H,3-5H2,1-2H3,(H,12,14)(H,13,15)(H,16,17). The smallest absolute Gasteiger partial charge is 0.307 e. The highest BCUT2D eigenvalue weighted by Gasteiger charge is 2.38. The summed E-state index contributed by atoms with van der Waals surface area (Å²) in [5.41, 5.74) is 0. The number of carboxylic acid groups (broad SMARTS) is 1. The zero-order chi connectivity index (χ0) is 13.0. The molecule has 0 heterocycles. The average Bonchev–Trinajstić information content (AvgIpc) is 2.76. The van der Waals surface area contributed by atoms with Gasteiger partial charge in [-0.25, -0.2) is 0 Å². The third kappa shape index (κ3) is 3.18. The van der Waals surface area contributed by atoms with Crippen molar-refractivity contribution in [2.24, 2.45) is 11.8 Å². The van der Waals surface area contributed by atoms with Crippen molar-refractivity contribution >= 4 is 17.8 Å². The summed E-state index contributed by atoms with van der Waals surface area (Å²) in [7, 11) is 1.49. The van der Waals surface area contributed by atoms with Crippen LogP contribution in [0, 0.1) is 11.8 Å². The van der Waals surface area contributed by atoms with Gasteiger partial charge in [0, 0.05) is 7.05 Å². The van der Waals surface area contributed by atoms with Crippen LogP contribution in [0.2, 0.25) is 0 Å². The third-order valence-corrected chi connectivity index (χ3v) is 3.17. The van der Waals surface area contributed by atoms with E-state index in [-0.39, 0.29) is 11.8 Å². The van der Waals surface area contributed by atoms with Crippen LogP contribution in [-0.4, -0.2) is 36.0 Å². The molecule has 1 saturated carbocycles. The zero-order valence-corrected chi connectivity index (χ0v) is 10.0. The second kappa shape index (κ2) is 5.65. The molecule has 6 heteroatoms. The van der Waals surface area contributed by atoms with Gasteiger partial charge in [0.05, 0.1) is 11.8 Å². The average molecular weight is 242 g/mol. The lowest BCUT2D eigenvalue weighted by molar-refractivity contribution is -0.146. The number of nitrogens with one attached hydrogen (secondary N) is 2. The Morgan fingerprint density at radius 3 is 2.35 bits per heavy atom. The summed E-state index contributed by atoms with van der Waals surface area (Å²) in [6.45, 7) is 1.57. The monoisotopic (exact) mass is 242 g/mol. The fourth-order valence-corrected chi connectivity index (χ4v) is 2.17. The van der Waals surface area contributed by atoms with E-state index in [1.54, 1.807) is 6.92 Å². The van der Waals surface area contributed by atoms with Crippen LogP contribution in [-0.2, 0) is 14.4 Å². The van der Waals surface area contributed by atoms with Crippen LogP contribution in [0.3, 0.4) is 0 Å². The van der Waals surface area contributed by atoms with E-state index in [0.29, 0.717) is 12.8 Å². The van der Waals surface area contributed by atoms with Gasteiger partial charge in [-0.1, -0.05) is 6.42 Å². The Morgan fingerprint density at radius 1 is 1.24 bits per heavy atom. The molecule has 3 atom stereocenters. The van der Waals surface area contributed by atoms with Crippen molar-refractivity contribution < 1.29 is 19.5 Å². The molecule has 0 bridgehead atoms. The van der Waals surface area contributed by atoms with Crippen molar-refractivity contribution in [3.8, 4) is 0 Å². The van der Waals surface area contributed by atoms with E-state index in [1.807, 2.05) is 0 Å². The minimum atomic E-state index is -0.935. The van der Waals surface area contributed by atoms with Gasteiger partial charge in [-0.15, -0.1) is 0 Å². The van der Waals surface area contributed by atoms with Crippen LogP contribution in [0.4, 0.5) is 0 Å². The molecular weight excluding hydrogens is 224 g/mol. The van der Waals surface area contributed by atoms with E-state index < -0.39 is 23.8 Å². The Balaban J connectivity index is 2.58. The molecule has 2 amide bonds. The lowest BCUT2D eigenvalue weighted by Gasteiger charge is -2.18. The first kappa shape index (κ1) is 13.5. The summed E-state index contributed by atoms with van der Waals surface area (Å²) in [5.74, 6) is -2.70. The SMILES string of the molecule is CNC(=O)C(C)NC(=O)C1CCCC1C(=O)O. The minimum Gasteiger partial charge on any atom is -0.481 e. The maximum absolute atomic E-state index is 11.8. The summed E-state index contributed by atoms with van der Waals surface area (Å²) in [4.78, 5) is 34.0. The number of carbonyl (C=O) groups excluding carboxylic acids is 2. The number of amides is 2. The molecule has 0 aromatic rings. The topological polar surface area (TPSA) is 95.5 Å². The number of hydrogen-bond donors (Lipinski definition) is 3. The summed E-state index contributed by atoms with van der Waals surface area (Å²) in [6.07, 6.45) is 1.84. The van der Waals surface area contributed by atoms with Crippen molar-refractivity contribution in [1.29, 1.82) is 0 Å². The largest absolute Gasteiger partial charge is 0.481 e. The molecule has 0 spiro atoms. The lowest BCUT2D eigenvalue weighted by Crippen LogP contribution is -2.46. The van der Waals surface area contributed by atoms with Gasteiger partial charge in [0.15, 0.2) is 0 Å². The van der Waals surface area contributed by atoms with Gasteiger partial charge in [-0.05, 0) is 19.8 Å². The van der Waals surface area contributed by atoms with Crippen molar-refractivity contribution in [2.45, 2.75) is 32.2 Å². The highest BCUT2D eigenvalue weighted by molar-refractivity contribution is 5.90. The predicted octanol–water partition coefficient (Wildman–Crippen LogP) is -0.262. The van der Waals surface area contributed by atoms with Gasteiger partial charge in [-0.2, -0.15) is 0 Å². The molecule has 1 rings (SSSR count). The summed E-state index contributed by atoms with van der Waals surface area (Å²) in [5, 5.41) is 13.9. The van der Waals surface area contributed by atoms with Crippen molar-refractivity contribution in [3.05, 3.63) is 0 Å². The van der Waals surface area contributed by atoms with Gasteiger partial charge in [0.2, 0.25) is 11.8 Å². The van der Waals surface area contributed by atoms with E-state index in [2.05, 4.69) is 10.6 Å². The zero-order valence-electron chi connectivity index (χ0n) is 10.0. The van der Waals surface area contributed by atoms with Crippen molar-refractivity contribution in [3.63, 3.8) is 0 Å². The molecule has 0 saturated heterocycles. The highest BCUT2D eigenvalue weighted by Crippen LogP contribution is 2.32. The number of carboxylic acids is 1. The lowest BCUT2D eigenvalue weighted by atomic mass is 9.95. The molecule has 1 aliphatic carbocycles. The quantitative estimate of drug-likeness (QED) is 0.632. The Kier molecular flexibility index (Phi) is 4.48. The van der Waals surface area contributed by atoms with Gasteiger partial charge in [-0.3, -0.25) is 14.4 Å². The molecule has 96 valence electrons. The molecule has 17 heavy (non-hydrogen) atoms. The van der Waals surface area contributed by atoms with Crippen LogP contribution in [0.15, 0.2) is 0 Å². The van der Waals surface area contributed by atoms with Gasteiger partial charge in [0.25, 0.3) is 0 Å². The highest BCUT2D eigenvalue weighted by atomic mass is 16.4.